The molecule has 0 aliphatic heterocycles. The lowest BCUT2D eigenvalue weighted by Crippen LogP contribution is -2.42. The van der Waals surface area contributed by atoms with Gasteiger partial charge in [0.1, 0.15) is 0 Å². The average Bonchev–Trinajstić information content (AvgIpc) is 2.01. The van der Waals surface area contributed by atoms with Crippen LogP contribution in [0, 0.1) is 5.92 Å². The largest absolute Gasteiger partial charge is 0.401 e. The molecular weight excluding hydrogens is 179 g/mol. The summed E-state index contributed by atoms with van der Waals surface area (Å²) in [5.41, 5.74) is 0. The van der Waals surface area contributed by atoms with Gasteiger partial charge in [0.05, 0.1) is 6.54 Å². The molecule has 0 saturated heterocycles. The maximum Gasteiger partial charge on any atom is 0.401 e. The van der Waals surface area contributed by atoms with Crippen LogP contribution in [-0.4, -0.2) is 18.8 Å². The quantitative estimate of drug-likeness (QED) is 0.714. The molecule has 0 bridgehead atoms. The summed E-state index contributed by atoms with van der Waals surface area (Å²) < 4.78 is 35.6. The Morgan fingerprint density at radius 2 is 1.85 bits per heavy atom. The fourth-order valence-corrected chi connectivity index (χ4v) is 1.87. The van der Waals surface area contributed by atoms with Crippen LogP contribution in [0.2, 0.25) is 0 Å². The average molecular weight is 195 g/mol. The lowest BCUT2D eigenvalue weighted by Gasteiger charge is -2.29. The summed E-state index contributed by atoms with van der Waals surface area (Å²) in [5, 5.41) is 2.59. The van der Waals surface area contributed by atoms with Gasteiger partial charge in [-0.1, -0.05) is 19.8 Å². The third-order valence-electron chi connectivity index (χ3n) is 2.68. The molecule has 78 valence electrons. The molecule has 1 aliphatic carbocycles. The molecule has 0 aromatic rings. The third-order valence-corrected chi connectivity index (χ3v) is 2.68. The summed E-state index contributed by atoms with van der Waals surface area (Å²) in [6.45, 7) is 1.18. The van der Waals surface area contributed by atoms with Crippen molar-refractivity contribution in [2.75, 3.05) is 6.54 Å². The normalized spacial score (nSPS) is 30.5. The van der Waals surface area contributed by atoms with Gasteiger partial charge in [0, 0.05) is 6.04 Å². The lowest BCUT2D eigenvalue weighted by atomic mass is 9.86. The van der Waals surface area contributed by atoms with Crippen molar-refractivity contribution >= 4 is 0 Å². The molecule has 1 saturated carbocycles. The van der Waals surface area contributed by atoms with Crippen LogP contribution in [0.25, 0.3) is 0 Å². The van der Waals surface area contributed by atoms with Crippen LogP contribution in [-0.2, 0) is 0 Å². The van der Waals surface area contributed by atoms with Crippen molar-refractivity contribution < 1.29 is 13.2 Å². The van der Waals surface area contributed by atoms with Gasteiger partial charge < -0.3 is 5.32 Å². The fourth-order valence-electron chi connectivity index (χ4n) is 1.87. The number of hydrogen-bond donors (Lipinski definition) is 1. The Morgan fingerprint density at radius 3 is 2.38 bits per heavy atom. The minimum atomic E-state index is -4.07. The highest BCUT2D eigenvalue weighted by Gasteiger charge is 2.30. The van der Waals surface area contributed by atoms with Gasteiger partial charge in [0.2, 0.25) is 0 Å². The molecule has 0 radical (unpaired) electrons. The highest BCUT2D eigenvalue weighted by Crippen LogP contribution is 2.24. The number of hydrogen-bond acceptors (Lipinski definition) is 1. The van der Waals surface area contributed by atoms with Crippen LogP contribution >= 0.6 is 0 Å². The second-order valence-corrected chi connectivity index (χ2v) is 3.86. The van der Waals surface area contributed by atoms with E-state index in [0.29, 0.717) is 5.92 Å². The SMILES string of the molecule is C[C@@H]1CCCC[C@@H]1NCC(F)(F)F. The van der Waals surface area contributed by atoms with Crippen LogP contribution in [0.15, 0.2) is 0 Å². The lowest BCUT2D eigenvalue weighted by molar-refractivity contribution is -0.127. The van der Waals surface area contributed by atoms with Gasteiger partial charge >= 0.3 is 6.18 Å². The van der Waals surface area contributed by atoms with E-state index >= 15 is 0 Å². The molecule has 0 amide bonds. The maximum atomic E-state index is 11.9. The van der Waals surface area contributed by atoms with Crippen LogP contribution in [0.5, 0.6) is 0 Å². The molecular formula is C9H16F3N. The predicted molar refractivity (Wildman–Crippen MR) is 45.5 cm³/mol. The summed E-state index contributed by atoms with van der Waals surface area (Å²) in [5.74, 6) is 0.385. The van der Waals surface area contributed by atoms with E-state index in [2.05, 4.69) is 5.32 Å². The van der Waals surface area contributed by atoms with E-state index in [1.807, 2.05) is 6.92 Å². The van der Waals surface area contributed by atoms with E-state index in [1.165, 1.54) is 0 Å². The van der Waals surface area contributed by atoms with Crippen molar-refractivity contribution in [1.29, 1.82) is 0 Å². The summed E-state index contributed by atoms with van der Waals surface area (Å²) in [6.07, 6.45) is 0.0785. The number of nitrogens with one attached hydrogen (secondary N) is 1. The molecule has 4 heteroatoms. The second kappa shape index (κ2) is 4.31. The van der Waals surface area contributed by atoms with E-state index in [-0.39, 0.29) is 6.04 Å². The molecule has 0 unspecified atom stereocenters. The third kappa shape index (κ3) is 3.98. The van der Waals surface area contributed by atoms with Crippen molar-refractivity contribution in [3.8, 4) is 0 Å². The van der Waals surface area contributed by atoms with Gasteiger partial charge in [-0.2, -0.15) is 13.2 Å². The van der Waals surface area contributed by atoms with Gasteiger partial charge in [-0.05, 0) is 18.8 Å². The first-order valence-corrected chi connectivity index (χ1v) is 4.79. The zero-order chi connectivity index (χ0) is 9.90. The molecule has 1 rings (SSSR count). The van der Waals surface area contributed by atoms with Crippen LogP contribution < -0.4 is 5.32 Å². The van der Waals surface area contributed by atoms with E-state index in [9.17, 15) is 13.2 Å². The molecule has 1 N–H and O–H groups in total. The van der Waals surface area contributed by atoms with E-state index in [0.717, 1.165) is 25.7 Å². The van der Waals surface area contributed by atoms with E-state index < -0.39 is 12.7 Å². The summed E-state index contributed by atoms with van der Waals surface area (Å²) in [7, 11) is 0. The topological polar surface area (TPSA) is 12.0 Å². The molecule has 2 atom stereocenters. The molecule has 1 nitrogen and oxygen atoms in total. The molecule has 13 heavy (non-hydrogen) atoms. The van der Waals surface area contributed by atoms with Gasteiger partial charge in [0.25, 0.3) is 0 Å². The van der Waals surface area contributed by atoms with E-state index in [1.54, 1.807) is 0 Å². The Labute approximate surface area is 76.7 Å². The number of alkyl halides is 3. The Morgan fingerprint density at radius 1 is 1.23 bits per heavy atom. The second-order valence-electron chi connectivity index (χ2n) is 3.86. The zero-order valence-corrected chi connectivity index (χ0v) is 7.82. The van der Waals surface area contributed by atoms with Gasteiger partial charge in [-0.25, -0.2) is 0 Å². The standard InChI is InChI=1S/C9H16F3N/c1-7-4-2-3-5-8(7)13-6-9(10,11)12/h7-8,13H,2-6H2,1H3/t7-,8+/m1/s1. The Bertz CT molecular complexity index is 155. The Balaban J connectivity index is 2.27. The van der Waals surface area contributed by atoms with Crippen molar-refractivity contribution in [3.05, 3.63) is 0 Å². The first-order valence-electron chi connectivity index (χ1n) is 4.79. The first-order chi connectivity index (χ1) is 5.99. The van der Waals surface area contributed by atoms with Gasteiger partial charge in [-0.15, -0.1) is 0 Å². The van der Waals surface area contributed by atoms with Crippen LogP contribution in [0.1, 0.15) is 32.6 Å². The monoisotopic (exact) mass is 195 g/mol. The van der Waals surface area contributed by atoms with Crippen molar-refractivity contribution in [2.45, 2.75) is 44.8 Å². The van der Waals surface area contributed by atoms with Crippen LogP contribution in [0.3, 0.4) is 0 Å². The maximum absolute atomic E-state index is 11.9. The highest BCUT2D eigenvalue weighted by molar-refractivity contribution is 4.78. The Kier molecular flexibility index (Phi) is 3.59. The minimum absolute atomic E-state index is 0.0652. The molecule has 0 spiro atoms. The molecule has 1 fully saturated rings. The fraction of sp³-hybridized carbons (Fsp3) is 1.00. The highest BCUT2D eigenvalue weighted by atomic mass is 19.4. The smallest absolute Gasteiger partial charge is 0.306 e. The van der Waals surface area contributed by atoms with Crippen LogP contribution in [0.4, 0.5) is 13.2 Å². The summed E-state index contributed by atoms with van der Waals surface area (Å²) in [4.78, 5) is 0. The van der Waals surface area contributed by atoms with Crippen molar-refractivity contribution in [2.24, 2.45) is 5.92 Å². The van der Waals surface area contributed by atoms with E-state index in [4.69, 9.17) is 0 Å². The number of rotatable bonds is 2. The Hall–Kier alpha value is -0.250. The summed E-state index contributed by atoms with van der Waals surface area (Å²) >= 11 is 0. The summed E-state index contributed by atoms with van der Waals surface area (Å²) in [6, 6.07) is 0.0652. The van der Waals surface area contributed by atoms with Crippen molar-refractivity contribution in [3.63, 3.8) is 0 Å². The van der Waals surface area contributed by atoms with Crippen molar-refractivity contribution in [1.82, 2.24) is 5.32 Å². The molecule has 0 aromatic heterocycles. The zero-order valence-electron chi connectivity index (χ0n) is 7.82. The molecule has 0 heterocycles. The number of halogens is 3. The molecule has 1 aliphatic rings. The van der Waals surface area contributed by atoms with Gasteiger partial charge in [-0.3, -0.25) is 0 Å². The minimum Gasteiger partial charge on any atom is -0.306 e. The first kappa shape index (κ1) is 10.8. The molecule has 0 aromatic carbocycles. The van der Waals surface area contributed by atoms with Gasteiger partial charge in [0.15, 0.2) is 0 Å². The predicted octanol–water partition coefficient (Wildman–Crippen LogP) is 2.72.